The average molecular weight is 327 g/mol. The summed E-state index contributed by atoms with van der Waals surface area (Å²) in [6.07, 6.45) is 0.618. The monoisotopic (exact) mass is 326 g/mol. The summed E-state index contributed by atoms with van der Waals surface area (Å²) in [5.41, 5.74) is -1.30. The van der Waals surface area contributed by atoms with Crippen LogP contribution in [0.3, 0.4) is 0 Å². The van der Waals surface area contributed by atoms with Gasteiger partial charge < -0.3 is 9.47 Å². The highest BCUT2D eigenvalue weighted by Crippen LogP contribution is 2.33. The zero-order chi connectivity index (χ0) is 16.8. The number of hydrogen-bond acceptors (Lipinski definition) is 4. The second-order valence-electron chi connectivity index (χ2n) is 5.60. The second kappa shape index (κ2) is 8.18. The van der Waals surface area contributed by atoms with Gasteiger partial charge >= 0.3 is 11.9 Å². The maximum absolute atomic E-state index is 12.6. The highest BCUT2D eigenvalue weighted by Gasteiger charge is 2.46. The van der Waals surface area contributed by atoms with Crippen molar-refractivity contribution in [2.24, 2.45) is 11.3 Å². The van der Waals surface area contributed by atoms with Gasteiger partial charge in [-0.1, -0.05) is 51.4 Å². The van der Waals surface area contributed by atoms with Crippen LogP contribution in [0.25, 0.3) is 0 Å². The van der Waals surface area contributed by atoms with E-state index >= 15 is 0 Å². The first-order chi connectivity index (χ1) is 10.4. The van der Waals surface area contributed by atoms with Gasteiger partial charge in [0.05, 0.1) is 11.6 Å². The fraction of sp³-hybridized carbons (Fsp3) is 0.529. The third kappa shape index (κ3) is 4.23. The molecule has 0 N–H and O–H groups in total. The minimum absolute atomic E-state index is 0.204. The lowest BCUT2D eigenvalue weighted by Crippen LogP contribution is -2.43. The first-order valence-electron chi connectivity index (χ1n) is 7.51. The van der Waals surface area contributed by atoms with E-state index in [-0.39, 0.29) is 18.3 Å². The van der Waals surface area contributed by atoms with Crippen molar-refractivity contribution in [3.05, 3.63) is 29.3 Å². The molecule has 0 saturated heterocycles. The Bertz CT molecular complexity index is 521. The molecule has 5 heteroatoms. The number of rotatable bonds is 7. The maximum Gasteiger partial charge on any atom is 0.328 e. The molecule has 0 atom stereocenters. The van der Waals surface area contributed by atoms with Crippen LogP contribution in [0, 0.1) is 11.3 Å². The molecule has 0 saturated carbocycles. The van der Waals surface area contributed by atoms with E-state index in [0.29, 0.717) is 17.9 Å². The molecule has 0 aromatic heterocycles. The number of ether oxygens (including phenoxy) is 2. The van der Waals surface area contributed by atoms with Gasteiger partial charge in [-0.2, -0.15) is 0 Å². The Morgan fingerprint density at radius 2 is 1.73 bits per heavy atom. The predicted octanol–water partition coefficient (Wildman–Crippen LogP) is 4.25. The number of hydrogen-bond donors (Lipinski definition) is 0. The molecule has 0 radical (unpaired) electrons. The molecule has 0 unspecified atom stereocenters. The normalized spacial score (nSPS) is 11.4. The molecule has 0 amide bonds. The Morgan fingerprint density at radius 1 is 1.14 bits per heavy atom. The summed E-state index contributed by atoms with van der Waals surface area (Å²) in [5.74, 6) is -0.713. The molecular weight excluding hydrogens is 304 g/mol. The Balaban J connectivity index is 2.95. The van der Waals surface area contributed by atoms with Crippen molar-refractivity contribution in [3.8, 4) is 5.75 Å². The van der Waals surface area contributed by atoms with Crippen LogP contribution >= 0.6 is 11.6 Å². The van der Waals surface area contributed by atoms with Gasteiger partial charge in [0.25, 0.3) is 0 Å². The predicted molar refractivity (Wildman–Crippen MR) is 85.9 cm³/mol. The van der Waals surface area contributed by atoms with Crippen molar-refractivity contribution in [3.63, 3.8) is 0 Å². The summed E-state index contributed by atoms with van der Waals surface area (Å²) in [6, 6.07) is 6.67. The number of esters is 2. The molecule has 0 heterocycles. The third-order valence-electron chi connectivity index (χ3n) is 3.58. The molecule has 0 aliphatic heterocycles. The lowest BCUT2D eigenvalue weighted by molar-refractivity contribution is -0.168. The SMILES string of the molecule is CCC(CC)(C(=O)OCC(C)C)C(=O)Oc1ccccc1Cl. The van der Waals surface area contributed by atoms with E-state index in [9.17, 15) is 9.59 Å². The summed E-state index contributed by atoms with van der Waals surface area (Å²) < 4.78 is 10.6. The van der Waals surface area contributed by atoms with Crippen molar-refractivity contribution in [2.45, 2.75) is 40.5 Å². The summed E-state index contributed by atoms with van der Waals surface area (Å²) in [4.78, 5) is 24.9. The van der Waals surface area contributed by atoms with Crippen molar-refractivity contribution < 1.29 is 19.1 Å². The van der Waals surface area contributed by atoms with Gasteiger partial charge in [0.1, 0.15) is 5.75 Å². The van der Waals surface area contributed by atoms with Crippen LogP contribution in [0.2, 0.25) is 5.02 Å². The smallest absolute Gasteiger partial charge is 0.328 e. The first kappa shape index (κ1) is 18.5. The number of benzene rings is 1. The van der Waals surface area contributed by atoms with Crippen molar-refractivity contribution in [2.75, 3.05) is 6.61 Å². The zero-order valence-corrected chi connectivity index (χ0v) is 14.3. The Hall–Kier alpha value is -1.55. The van der Waals surface area contributed by atoms with Gasteiger partial charge in [-0.15, -0.1) is 0 Å². The quantitative estimate of drug-likeness (QED) is 0.427. The summed E-state index contributed by atoms with van der Waals surface area (Å²) in [5, 5.41) is 0.326. The lowest BCUT2D eigenvalue weighted by Gasteiger charge is -2.27. The average Bonchev–Trinajstić information content (AvgIpc) is 2.49. The van der Waals surface area contributed by atoms with E-state index in [1.807, 2.05) is 13.8 Å². The van der Waals surface area contributed by atoms with Crippen LogP contribution in [-0.4, -0.2) is 18.5 Å². The number of carbonyl (C=O) groups is 2. The first-order valence-corrected chi connectivity index (χ1v) is 7.89. The van der Waals surface area contributed by atoms with Gasteiger partial charge in [0.2, 0.25) is 0 Å². The number of halogens is 1. The number of carbonyl (C=O) groups excluding carboxylic acids is 2. The molecule has 0 aliphatic rings. The maximum atomic E-state index is 12.6. The van der Waals surface area contributed by atoms with E-state index in [4.69, 9.17) is 21.1 Å². The molecule has 0 bridgehead atoms. The zero-order valence-electron chi connectivity index (χ0n) is 13.5. The van der Waals surface area contributed by atoms with Gasteiger partial charge in [0, 0.05) is 0 Å². The van der Waals surface area contributed by atoms with Crippen LogP contribution in [0.1, 0.15) is 40.5 Å². The van der Waals surface area contributed by atoms with Crippen molar-refractivity contribution in [1.82, 2.24) is 0 Å². The van der Waals surface area contributed by atoms with Gasteiger partial charge in [-0.3, -0.25) is 9.59 Å². The highest BCUT2D eigenvalue weighted by atomic mass is 35.5. The summed E-state index contributed by atoms with van der Waals surface area (Å²) >= 11 is 5.99. The van der Waals surface area contributed by atoms with E-state index < -0.39 is 17.4 Å². The molecule has 22 heavy (non-hydrogen) atoms. The van der Waals surface area contributed by atoms with Crippen molar-refractivity contribution in [1.29, 1.82) is 0 Å². The fourth-order valence-electron chi connectivity index (χ4n) is 2.02. The largest absolute Gasteiger partial charge is 0.465 e. The Labute approximate surface area is 136 Å². The Morgan fingerprint density at radius 3 is 2.23 bits per heavy atom. The van der Waals surface area contributed by atoms with Crippen LogP contribution in [0.15, 0.2) is 24.3 Å². The molecular formula is C17H23ClO4. The fourth-order valence-corrected chi connectivity index (χ4v) is 2.19. The van der Waals surface area contributed by atoms with E-state index in [2.05, 4.69) is 0 Å². The highest BCUT2D eigenvalue weighted by molar-refractivity contribution is 6.32. The van der Waals surface area contributed by atoms with Gasteiger partial charge in [0.15, 0.2) is 5.41 Å². The van der Waals surface area contributed by atoms with Crippen LogP contribution in [0.5, 0.6) is 5.75 Å². The second-order valence-corrected chi connectivity index (χ2v) is 6.01. The van der Waals surface area contributed by atoms with E-state index in [1.54, 1.807) is 38.1 Å². The van der Waals surface area contributed by atoms with Gasteiger partial charge in [-0.05, 0) is 30.9 Å². The Kier molecular flexibility index (Phi) is 6.88. The topological polar surface area (TPSA) is 52.6 Å². The van der Waals surface area contributed by atoms with Crippen LogP contribution in [0.4, 0.5) is 0 Å². The molecule has 0 aliphatic carbocycles. The van der Waals surface area contributed by atoms with Crippen molar-refractivity contribution >= 4 is 23.5 Å². The molecule has 0 spiro atoms. The minimum Gasteiger partial charge on any atom is -0.465 e. The van der Waals surface area contributed by atoms with Crippen LogP contribution in [-0.2, 0) is 14.3 Å². The molecule has 1 rings (SSSR count). The molecule has 1 aromatic carbocycles. The standard InChI is InChI=1S/C17H23ClO4/c1-5-17(6-2,15(19)21-11-12(3)4)16(20)22-14-10-8-7-9-13(14)18/h7-10,12H,5-6,11H2,1-4H3. The van der Waals surface area contributed by atoms with Gasteiger partial charge in [-0.25, -0.2) is 0 Å². The molecule has 4 nitrogen and oxygen atoms in total. The van der Waals surface area contributed by atoms with E-state index in [0.717, 1.165) is 0 Å². The van der Waals surface area contributed by atoms with E-state index in [1.165, 1.54) is 0 Å². The molecule has 0 fully saturated rings. The molecule has 122 valence electrons. The summed E-state index contributed by atoms with van der Waals surface area (Å²) in [6.45, 7) is 7.70. The third-order valence-corrected chi connectivity index (χ3v) is 3.89. The van der Waals surface area contributed by atoms with Crippen LogP contribution < -0.4 is 4.74 Å². The summed E-state index contributed by atoms with van der Waals surface area (Å²) in [7, 11) is 0. The minimum atomic E-state index is -1.30. The number of para-hydroxylation sites is 1. The molecule has 1 aromatic rings. The lowest BCUT2D eigenvalue weighted by atomic mass is 9.82.